The number of nitrogens with zero attached hydrogens (tertiary/aromatic N) is 2. The van der Waals surface area contributed by atoms with Crippen molar-refractivity contribution in [1.29, 1.82) is 5.26 Å². The number of nitriles is 1. The summed E-state index contributed by atoms with van der Waals surface area (Å²) in [5.74, 6) is -0.566. The summed E-state index contributed by atoms with van der Waals surface area (Å²) in [6, 6.07) is 5.59. The molecule has 0 radical (unpaired) electrons. The van der Waals surface area contributed by atoms with E-state index in [4.69, 9.17) is 11.0 Å². The summed E-state index contributed by atoms with van der Waals surface area (Å²) >= 11 is 0. The van der Waals surface area contributed by atoms with Crippen LogP contribution in [0, 0.1) is 17.1 Å². The third kappa shape index (κ3) is 2.27. The molecule has 0 unspecified atom stereocenters. The second kappa shape index (κ2) is 4.52. The molecule has 1 aromatic carbocycles. The van der Waals surface area contributed by atoms with Crippen molar-refractivity contribution in [2.24, 2.45) is 5.73 Å². The van der Waals surface area contributed by atoms with Crippen LogP contribution in [-0.4, -0.2) is 23.4 Å². The Morgan fingerprint density at radius 2 is 2.35 bits per heavy atom. The van der Waals surface area contributed by atoms with Crippen molar-refractivity contribution in [3.8, 4) is 6.07 Å². The first-order valence-corrected chi connectivity index (χ1v) is 5.34. The number of likely N-dealkylation sites (tertiary alicyclic amines) is 1. The first kappa shape index (κ1) is 11.6. The van der Waals surface area contributed by atoms with Crippen LogP contribution in [0.1, 0.15) is 17.5 Å². The number of halogens is 1. The maximum atomic E-state index is 13.5. The van der Waals surface area contributed by atoms with Crippen molar-refractivity contribution in [3.05, 3.63) is 35.1 Å². The van der Waals surface area contributed by atoms with Gasteiger partial charge in [-0.1, -0.05) is 0 Å². The molecule has 1 aliphatic rings. The second-order valence-corrected chi connectivity index (χ2v) is 4.07. The molecule has 2 rings (SSSR count). The van der Waals surface area contributed by atoms with Gasteiger partial charge in [0.2, 0.25) is 5.91 Å². The molecule has 1 heterocycles. The molecule has 4 nitrogen and oxygen atoms in total. The number of carbonyl (C=O) groups is 1. The van der Waals surface area contributed by atoms with Crippen molar-refractivity contribution in [1.82, 2.24) is 4.90 Å². The van der Waals surface area contributed by atoms with E-state index in [2.05, 4.69) is 0 Å². The van der Waals surface area contributed by atoms with Gasteiger partial charge in [0, 0.05) is 18.7 Å². The standard InChI is InChI=1S/C12H12FN3O/c13-10-2-1-8(6-14)5-9(10)7-16-4-3-11(15)12(16)17/h1-2,5,11H,3-4,7,15H2/t11-/m0/s1. The second-order valence-electron chi connectivity index (χ2n) is 4.07. The van der Waals surface area contributed by atoms with Crippen molar-refractivity contribution in [2.45, 2.75) is 19.0 Å². The zero-order valence-corrected chi connectivity index (χ0v) is 9.19. The molecule has 1 aliphatic heterocycles. The predicted octanol–water partition coefficient (Wildman–Crippen LogP) is 0.757. The van der Waals surface area contributed by atoms with Gasteiger partial charge in [0.05, 0.1) is 17.7 Å². The summed E-state index contributed by atoms with van der Waals surface area (Å²) in [7, 11) is 0. The third-order valence-corrected chi connectivity index (χ3v) is 2.87. The van der Waals surface area contributed by atoms with Crippen LogP contribution >= 0.6 is 0 Å². The van der Waals surface area contributed by atoms with Gasteiger partial charge < -0.3 is 10.6 Å². The minimum Gasteiger partial charge on any atom is -0.337 e. The highest BCUT2D eigenvalue weighted by Crippen LogP contribution is 2.17. The van der Waals surface area contributed by atoms with Gasteiger partial charge in [-0.2, -0.15) is 5.26 Å². The Bertz CT molecular complexity index is 495. The van der Waals surface area contributed by atoms with E-state index in [1.807, 2.05) is 6.07 Å². The first-order chi connectivity index (χ1) is 8.11. The minimum atomic E-state index is -0.475. The lowest BCUT2D eigenvalue weighted by atomic mass is 10.1. The Hall–Kier alpha value is -1.93. The molecule has 1 atom stereocenters. The van der Waals surface area contributed by atoms with Crippen LogP contribution in [-0.2, 0) is 11.3 Å². The zero-order valence-electron chi connectivity index (χ0n) is 9.19. The van der Waals surface area contributed by atoms with E-state index >= 15 is 0 Å². The number of rotatable bonds is 2. The van der Waals surface area contributed by atoms with Crippen molar-refractivity contribution < 1.29 is 9.18 Å². The highest BCUT2D eigenvalue weighted by Gasteiger charge is 2.28. The molecule has 0 aliphatic carbocycles. The van der Waals surface area contributed by atoms with Crippen LogP contribution in [0.4, 0.5) is 4.39 Å². The Balaban J connectivity index is 2.19. The maximum Gasteiger partial charge on any atom is 0.239 e. The fourth-order valence-electron chi connectivity index (χ4n) is 1.89. The number of hydrogen-bond donors (Lipinski definition) is 1. The highest BCUT2D eigenvalue weighted by atomic mass is 19.1. The lowest BCUT2D eigenvalue weighted by Crippen LogP contribution is -2.33. The largest absolute Gasteiger partial charge is 0.337 e. The molecule has 0 aromatic heterocycles. The van der Waals surface area contributed by atoms with Crippen molar-refractivity contribution in [3.63, 3.8) is 0 Å². The summed E-state index contributed by atoms with van der Waals surface area (Å²) in [5.41, 5.74) is 6.32. The molecule has 0 bridgehead atoms. The topological polar surface area (TPSA) is 70.1 Å². The molecule has 1 amide bonds. The molecule has 88 valence electrons. The molecule has 0 spiro atoms. The normalized spacial score (nSPS) is 19.5. The summed E-state index contributed by atoms with van der Waals surface area (Å²) < 4.78 is 13.5. The molecular weight excluding hydrogens is 221 g/mol. The smallest absolute Gasteiger partial charge is 0.239 e. The Kier molecular flexibility index (Phi) is 3.07. The average Bonchev–Trinajstić information content (AvgIpc) is 2.64. The molecule has 2 N–H and O–H groups in total. The van der Waals surface area contributed by atoms with Gasteiger partial charge in [-0.15, -0.1) is 0 Å². The molecule has 1 saturated heterocycles. The summed E-state index contributed by atoms with van der Waals surface area (Å²) in [5, 5.41) is 8.73. The van der Waals surface area contributed by atoms with Gasteiger partial charge in [-0.3, -0.25) is 4.79 Å². The van der Waals surface area contributed by atoms with E-state index in [9.17, 15) is 9.18 Å². The zero-order chi connectivity index (χ0) is 12.4. The van der Waals surface area contributed by atoms with Crippen LogP contribution in [0.2, 0.25) is 0 Å². The van der Waals surface area contributed by atoms with Gasteiger partial charge in [-0.25, -0.2) is 4.39 Å². The van der Waals surface area contributed by atoms with Gasteiger partial charge in [0.1, 0.15) is 5.82 Å². The monoisotopic (exact) mass is 233 g/mol. The number of carbonyl (C=O) groups excluding carboxylic acids is 1. The third-order valence-electron chi connectivity index (χ3n) is 2.87. The SMILES string of the molecule is N#Cc1ccc(F)c(CN2CC[C@H](N)C2=O)c1. The molecule has 17 heavy (non-hydrogen) atoms. The molecule has 5 heteroatoms. The minimum absolute atomic E-state index is 0.160. The van der Waals surface area contributed by atoms with E-state index in [0.29, 0.717) is 24.1 Å². The Labute approximate surface area is 98.4 Å². The Morgan fingerprint density at radius 3 is 2.94 bits per heavy atom. The van der Waals surface area contributed by atoms with E-state index in [1.165, 1.54) is 23.1 Å². The quantitative estimate of drug-likeness (QED) is 0.819. The average molecular weight is 233 g/mol. The van der Waals surface area contributed by atoms with E-state index in [1.54, 1.807) is 0 Å². The fourth-order valence-corrected chi connectivity index (χ4v) is 1.89. The fraction of sp³-hybridized carbons (Fsp3) is 0.333. The van der Waals surface area contributed by atoms with Crippen molar-refractivity contribution in [2.75, 3.05) is 6.54 Å². The Morgan fingerprint density at radius 1 is 1.59 bits per heavy atom. The van der Waals surface area contributed by atoms with Crippen LogP contribution in [0.5, 0.6) is 0 Å². The van der Waals surface area contributed by atoms with E-state index < -0.39 is 11.9 Å². The number of nitrogens with two attached hydrogens (primary N) is 1. The lowest BCUT2D eigenvalue weighted by molar-refractivity contribution is -0.129. The molecular formula is C12H12FN3O. The predicted molar refractivity (Wildman–Crippen MR) is 59.1 cm³/mol. The molecule has 1 aromatic rings. The molecule has 1 fully saturated rings. The molecule has 0 saturated carbocycles. The van der Waals surface area contributed by atoms with E-state index in [-0.39, 0.29) is 12.5 Å². The highest BCUT2D eigenvalue weighted by molar-refractivity contribution is 5.83. The summed E-state index contributed by atoms with van der Waals surface area (Å²) in [6.07, 6.45) is 0.596. The first-order valence-electron chi connectivity index (χ1n) is 5.34. The van der Waals surface area contributed by atoms with Gasteiger partial charge in [0.25, 0.3) is 0 Å². The summed E-state index contributed by atoms with van der Waals surface area (Å²) in [6.45, 7) is 0.712. The van der Waals surface area contributed by atoms with Crippen LogP contribution < -0.4 is 5.73 Å². The summed E-state index contributed by atoms with van der Waals surface area (Å²) in [4.78, 5) is 13.1. The van der Waals surface area contributed by atoms with Gasteiger partial charge >= 0.3 is 0 Å². The number of hydrogen-bond acceptors (Lipinski definition) is 3. The van der Waals surface area contributed by atoms with E-state index in [0.717, 1.165) is 0 Å². The van der Waals surface area contributed by atoms with Crippen LogP contribution in [0.25, 0.3) is 0 Å². The number of benzene rings is 1. The van der Waals surface area contributed by atoms with Gasteiger partial charge in [0.15, 0.2) is 0 Å². The van der Waals surface area contributed by atoms with Crippen LogP contribution in [0.15, 0.2) is 18.2 Å². The van der Waals surface area contributed by atoms with Crippen LogP contribution in [0.3, 0.4) is 0 Å². The van der Waals surface area contributed by atoms with Crippen molar-refractivity contribution >= 4 is 5.91 Å². The van der Waals surface area contributed by atoms with Gasteiger partial charge in [-0.05, 0) is 24.6 Å². The lowest BCUT2D eigenvalue weighted by Gasteiger charge is -2.16. The number of amides is 1. The maximum absolute atomic E-state index is 13.5.